The molecule has 0 radical (unpaired) electrons. The molecule has 0 atom stereocenters. The van der Waals surface area contributed by atoms with Gasteiger partial charge < -0.3 is 9.32 Å². The van der Waals surface area contributed by atoms with Crippen molar-refractivity contribution in [1.29, 1.82) is 0 Å². The minimum absolute atomic E-state index is 0.0511. The van der Waals surface area contributed by atoms with E-state index >= 15 is 0 Å². The number of benzene rings is 1. The molecule has 0 spiro atoms. The Morgan fingerprint density at radius 3 is 2.86 bits per heavy atom. The van der Waals surface area contributed by atoms with Crippen molar-refractivity contribution < 1.29 is 4.42 Å². The van der Waals surface area contributed by atoms with Crippen molar-refractivity contribution in [1.82, 2.24) is 4.90 Å². The van der Waals surface area contributed by atoms with E-state index < -0.39 is 0 Å². The summed E-state index contributed by atoms with van der Waals surface area (Å²) in [6.07, 6.45) is 5.28. The van der Waals surface area contributed by atoms with Gasteiger partial charge in [-0.1, -0.05) is 30.0 Å². The Balaban J connectivity index is 1.74. The van der Waals surface area contributed by atoms with Crippen LogP contribution >= 0.6 is 24.0 Å². The summed E-state index contributed by atoms with van der Waals surface area (Å²) in [5, 5.41) is 0.646. The lowest BCUT2D eigenvalue weighted by Gasteiger charge is -2.28. The Hall–Kier alpha value is -1.33. The van der Waals surface area contributed by atoms with Gasteiger partial charge in [0.1, 0.15) is 9.90 Å². The molecule has 22 heavy (non-hydrogen) atoms. The summed E-state index contributed by atoms with van der Waals surface area (Å²) in [7, 11) is 0. The fraction of sp³-hybridized carbons (Fsp3) is 0.412. The van der Waals surface area contributed by atoms with Crippen LogP contribution in [-0.2, 0) is 5.75 Å². The van der Waals surface area contributed by atoms with Crippen molar-refractivity contribution in [3.8, 4) is 0 Å². The number of rotatable bonds is 2. The van der Waals surface area contributed by atoms with Gasteiger partial charge in [-0.25, -0.2) is 0 Å². The number of thiocarbonyl (C=S) groups is 1. The summed E-state index contributed by atoms with van der Waals surface area (Å²) in [4.78, 5) is 14.7. The monoisotopic (exact) mass is 333 g/mol. The fourth-order valence-electron chi connectivity index (χ4n) is 2.68. The SMILES string of the molecule is Cc1ccc2c(=O)c(CSC(=S)N3CCCCC3)coc2c1. The zero-order chi connectivity index (χ0) is 15.5. The molecule has 116 valence electrons. The van der Waals surface area contributed by atoms with Crippen LogP contribution in [-0.4, -0.2) is 22.3 Å². The number of thioether (sulfide) groups is 1. The molecule has 5 heteroatoms. The van der Waals surface area contributed by atoms with Crippen LogP contribution in [0.4, 0.5) is 0 Å². The highest BCUT2D eigenvalue weighted by Crippen LogP contribution is 2.20. The van der Waals surface area contributed by atoms with E-state index in [1.54, 1.807) is 18.0 Å². The minimum Gasteiger partial charge on any atom is -0.464 e. The number of hydrogen-bond donors (Lipinski definition) is 0. The topological polar surface area (TPSA) is 33.5 Å². The fourth-order valence-corrected chi connectivity index (χ4v) is 3.89. The molecule has 2 aromatic rings. The summed E-state index contributed by atoms with van der Waals surface area (Å²) < 4.78 is 6.50. The molecule has 0 bridgehead atoms. The maximum Gasteiger partial charge on any atom is 0.196 e. The first kappa shape index (κ1) is 15.6. The summed E-state index contributed by atoms with van der Waals surface area (Å²) in [5.41, 5.74) is 2.47. The van der Waals surface area contributed by atoms with Gasteiger partial charge in [-0.15, -0.1) is 0 Å². The number of aryl methyl sites for hydroxylation is 1. The highest BCUT2D eigenvalue weighted by atomic mass is 32.2. The van der Waals surface area contributed by atoms with Gasteiger partial charge in [-0.05, 0) is 43.9 Å². The molecule has 0 saturated carbocycles. The Labute approximate surface area is 139 Å². The van der Waals surface area contributed by atoms with Crippen LogP contribution in [0.15, 0.2) is 33.7 Å². The van der Waals surface area contributed by atoms with E-state index in [1.165, 1.54) is 19.3 Å². The van der Waals surface area contributed by atoms with Gasteiger partial charge >= 0.3 is 0 Å². The molecule has 1 aliphatic rings. The van der Waals surface area contributed by atoms with Crippen molar-refractivity contribution in [2.24, 2.45) is 0 Å². The number of hydrogen-bond acceptors (Lipinski definition) is 4. The summed E-state index contributed by atoms with van der Waals surface area (Å²) in [5.74, 6) is 0.571. The Bertz CT molecular complexity index is 748. The molecular formula is C17H19NO2S2. The molecule has 1 aromatic heterocycles. The Kier molecular flexibility index (Phi) is 4.84. The third-order valence-electron chi connectivity index (χ3n) is 3.97. The van der Waals surface area contributed by atoms with Crippen molar-refractivity contribution >= 4 is 39.3 Å². The average Bonchev–Trinajstić information content (AvgIpc) is 2.54. The lowest BCUT2D eigenvalue weighted by Crippen LogP contribution is -2.32. The highest BCUT2D eigenvalue weighted by molar-refractivity contribution is 8.22. The second-order valence-corrected chi connectivity index (χ2v) is 7.30. The van der Waals surface area contributed by atoms with E-state index in [0.717, 1.165) is 23.0 Å². The first-order valence-electron chi connectivity index (χ1n) is 7.58. The molecule has 0 N–H and O–H groups in total. The molecule has 0 unspecified atom stereocenters. The van der Waals surface area contributed by atoms with Crippen LogP contribution in [0.2, 0.25) is 0 Å². The van der Waals surface area contributed by atoms with E-state index in [-0.39, 0.29) is 5.43 Å². The van der Waals surface area contributed by atoms with Crippen LogP contribution in [0, 0.1) is 6.92 Å². The van der Waals surface area contributed by atoms with Gasteiger partial charge in [0.15, 0.2) is 5.43 Å². The predicted molar refractivity (Wildman–Crippen MR) is 96.5 cm³/mol. The third-order valence-corrected chi connectivity index (χ3v) is 5.54. The Morgan fingerprint density at radius 1 is 1.32 bits per heavy atom. The normalized spacial score (nSPS) is 15.2. The van der Waals surface area contributed by atoms with Gasteiger partial charge in [-0.2, -0.15) is 0 Å². The van der Waals surface area contributed by atoms with E-state index in [4.69, 9.17) is 16.6 Å². The van der Waals surface area contributed by atoms with Gasteiger partial charge in [0, 0.05) is 24.4 Å². The quantitative estimate of drug-likeness (QED) is 0.773. The van der Waals surface area contributed by atoms with E-state index in [1.807, 2.05) is 25.1 Å². The van der Waals surface area contributed by atoms with Crippen LogP contribution in [0.3, 0.4) is 0 Å². The smallest absolute Gasteiger partial charge is 0.196 e. The second-order valence-electron chi connectivity index (χ2n) is 5.69. The van der Waals surface area contributed by atoms with Crippen molar-refractivity contribution in [2.45, 2.75) is 31.9 Å². The van der Waals surface area contributed by atoms with Crippen LogP contribution < -0.4 is 5.43 Å². The molecule has 0 amide bonds. The van der Waals surface area contributed by atoms with E-state index in [2.05, 4.69) is 4.90 Å². The number of piperidine rings is 1. The van der Waals surface area contributed by atoms with Gasteiger partial charge in [0.2, 0.25) is 0 Å². The van der Waals surface area contributed by atoms with Crippen molar-refractivity contribution in [3.63, 3.8) is 0 Å². The molecule has 3 rings (SSSR count). The molecule has 1 fully saturated rings. The third kappa shape index (κ3) is 3.36. The van der Waals surface area contributed by atoms with Gasteiger partial charge in [0.05, 0.1) is 11.6 Å². The van der Waals surface area contributed by atoms with E-state index in [0.29, 0.717) is 22.3 Å². The van der Waals surface area contributed by atoms with E-state index in [9.17, 15) is 4.79 Å². The predicted octanol–water partition coefficient (Wildman–Crippen LogP) is 4.11. The Morgan fingerprint density at radius 2 is 2.09 bits per heavy atom. The van der Waals surface area contributed by atoms with Crippen LogP contribution in [0.5, 0.6) is 0 Å². The molecule has 0 aliphatic carbocycles. The molecule has 2 heterocycles. The molecule has 1 saturated heterocycles. The second kappa shape index (κ2) is 6.84. The van der Waals surface area contributed by atoms with Crippen LogP contribution in [0.1, 0.15) is 30.4 Å². The summed E-state index contributed by atoms with van der Waals surface area (Å²) in [6.45, 7) is 4.06. The number of likely N-dealkylation sites (tertiary alicyclic amines) is 1. The minimum atomic E-state index is 0.0511. The maximum absolute atomic E-state index is 12.5. The number of nitrogens with zero attached hydrogens (tertiary/aromatic N) is 1. The zero-order valence-electron chi connectivity index (χ0n) is 12.6. The van der Waals surface area contributed by atoms with Crippen molar-refractivity contribution in [2.75, 3.05) is 13.1 Å². The zero-order valence-corrected chi connectivity index (χ0v) is 14.3. The van der Waals surface area contributed by atoms with Crippen molar-refractivity contribution in [3.05, 3.63) is 45.8 Å². The van der Waals surface area contributed by atoms with Gasteiger partial charge in [-0.3, -0.25) is 4.79 Å². The maximum atomic E-state index is 12.5. The highest BCUT2D eigenvalue weighted by Gasteiger charge is 2.15. The first-order valence-corrected chi connectivity index (χ1v) is 8.97. The average molecular weight is 333 g/mol. The molecule has 1 aliphatic heterocycles. The standard InChI is InChI=1S/C17H19NO2S2/c1-12-5-6-14-15(9-12)20-10-13(16(14)19)11-22-17(21)18-7-3-2-4-8-18/h5-6,9-10H,2-4,7-8,11H2,1H3. The summed E-state index contributed by atoms with van der Waals surface area (Å²) >= 11 is 7.04. The van der Waals surface area contributed by atoms with Crippen LogP contribution in [0.25, 0.3) is 11.0 Å². The summed E-state index contributed by atoms with van der Waals surface area (Å²) in [6, 6.07) is 5.67. The van der Waals surface area contributed by atoms with Gasteiger partial charge in [0.25, 0.3) is 0 Å². The molecule has 3 nitrogen and oxygen atoms in total. The first-order chi connectivity index (χ1) is 10.6. The lowest BCUT2D eigenvalue weighted by atomic mass is 10.1. The molecular weight excluding hydrogens is 314 g/mol. The molecule has 1 aromatic carbocycles. The number of fused-ring (bicyclic) bond motifs is 1. The lowest BCUT2D eigenvalue weighted by molar-refractivity contribution is 0.352. The largest absolute Gasteiger partial charge is 0.464 e.